The summed E-state index contributed by atoms with van der Waals surface area (Å²) in [5.74, 6) is -0.358. The first-order valence-corrected chi connectivity index (χ1v) is 4.40. The van der Waals surface area contributed by atoms with Gasteiger partial charge in [0.05, 0.1) is 12.7 Å². The Morgan fingerprint density at radius 2 is 2.19 bits per heavy atom. The molecule has 0 atom stereocenters. The molecule has 84 valence electrons. The van der Waals surface area contributed by atoms with Gasteiger partial charge in [0.25, 0.3) is 11.9 Å². The summed E-state index contributed by atoms with van der Waals surface area (Å²) < 4.78 is 1.45. The number of anilines is 2. The molecule has 9 nitrogen and oxygen atoms in total. The number of tetrazole rings is 1. The van der Waals surface area contributed by atoms with Gasteiger partial charge in [0.2, 0.25) is 0 Å². The van der Waals surface area contributed by atoms with Gasteiger partial charge < -0.3 is 5.73 Å². The molecule has 0 unspecified atom stereocenters. The highest BCUT2D eigenvalue weighted by Crippen LogP contribution is 2.09. The highest BCUT2D eigenvalue weighted by atomic mass is 16.2. The number of nitrogen functional groups attached to an aromatic ring is 1. The molecule has 0 bridgehead atoms. The van der Waals surface area contributed by atoms with Crippen LogP contribution in [0.3, 0.4) is 0 Å². The Balaban J connectivity index is 2.17. The number of rotatable bonds is 2. The Morgan fingerprint density at radius 1 is 1.44 bits per heavy atom. The highest BCUT2D eigenvalue weighted by Gasteiger charge is 2.15. The minimum atomic E-state index is -0.467. The quantitative estimate of drug-likeness (QED) is 0.657. The van der Waals surface area contributed by atoms with Gasteiger partial charge >= 0.3 is 0 Å². The van der Waals surface area contributed by atoms with E-state index in [-0.39, 0.29) is 11.6 Å². The first-order chi connectivity index (χ1) is 7.56. The molecule has 0 aromatic carbocycles. The molecule has 2 rings (SSSR count). The molecule has 1 amide bonds. The number of aromatic nitrogens is 6. The van der Waals surface area contributed by atoms with Crippen molar-refractivity contribution in [3.63, 3.8) is 0 Å². The lowest BCUT2D eigenvalue weighted by molar-refractivity contribution is 0.102. The molecule has 0 spiro atoms. The Labute approximate surface area is 90.2 Å². The lowest BCUT2D eigenvalue weighted by atomic mass is 10.3. The summed E-state index contributed by atoms with van der Waals surface area (Å²) >= 11 is 0. The Hall–Kier alpha value is -2.45. The number of hydrogen-bond acceptors (Lipinski definition) is 6. The van der Waals surface area contributed by atoms with E-state index in [9.17, 15) is 4.79 Å². The van der Waals surface area contributed by atoms with E-state index >= 15 is 0 Å². The largest absolute Gasteiger partial charge is 0.396 e. The zero-order valence-electron chi connectivity index (χ0n) is 8.75. The highest BCUT2D eigenvalue weighted by molar-refractivity contribution is 6.05. The zero-order chi connectivity index (χ0) is 11.7. The average molecular weight is 222 g/mol. The second-order valence-corrected chi connectivity index (χ2v) is 3.16. The predicted octanol–water partition coefficient (Wildman–Crippen LogP) is -1.22. The summed E-state index contributed by atoms with van der Waals surface area (Å²) in [5.41, 5.74) is 6.02. The summed E-state index contributed by atoms with van der Waals surface area (Å²) in [6, 6.07) is 0. The lowest BCUT2D eigenvalue weighted by Gasteiger charge is -1.96. The maximum atomic E-state index is 11.7. The van der Waals surface area contributed by atoms with Gasteiger partial charge in [-0.3, -0.25) is 14.8 Å². The average Bonchev–Trinajstić information content (AvgIpc) is 2.73. The van der Waals surface area contributed by atoms with E-state index in [1.165, 1.54) is 9.48 Å². The third-order valence-corrected chi connectivity index (χ3v) is 1.81. The van der Waals surface area contributed by atoms with E-state index in [0.29, 0.717) is 5.69 Å². The van der Waals surface area contributed by atoms with Crippen LogP contribution in [0.2, 0.25) is 0 Å². The molecule has 2 aromatic rings. The van der Waals surface area contributed by atoms with E-state index in [4.69, 9.17) is 5.73 Å². The molecular weight excluding hydrogens is 212 g/mol. The van der Waals surface area contributed by atoms with Crippen LogP contribution in [0.1, 0.15) is 10.5 Å². The molecule has 0 aliphatic heterocycles. The van der Waals surface area contributed by atoms with Gasteiger partial charge in [-0.15, -0.1) is 5.10 Å². The minimum Gasteiger partial charge on any atom is -0.396 e. The van der Waals surface area contributed by atoms with Gasteiger partial charge in [0.15, 0.2) is 5.69 Å². The number of nitrogens with zero attached hydrogens (tertiary/aromatic N) is 6. The van der Waals surface area contributed by atoms with Gasteiger partial charge in [0, 0.05) is 13.2 Å². The van der Waals surface area contributed by atoms with Gasteiger partial charge in [-0.05, 0) is 5.21 Å². The van der Waals surface area contributed by atoms with E-state index < -0.39 is 5.91 Å². The summed E-state index contributed by atoms with van der Waals surface area (Å²) in [6.07, 6.45) is 1.54. The van der Waals surface area contributed by atoms with Crippen LogP contribution < -0.4 is 11.1 Å². The predicted molar refractivity (Wildman–Crippen MR) is 54.4 cm³/mol. The maximum Gasteiger partial charge on any atom is 0.280 e. The fourth-order valence-corrected chi connectivity index (χ4v) is 1.18. The van der Waals surface area contributed by atoms with Crippen molar-refractivity contribution in [2.45, 2.75) is 0 Å². The summed E-state index contributed by atoms with van der Waals surface area (Å²) in [6.45, 7) is 0. The van der Waals surface area contributed by atoms with E-state index in [1.54, 1.807) is 20.3 Å². The lowest BCUT2D eigenvalue weighted by Crippen LogP contribution is -2.15. The number of aryl methyl sites for hydroxylation is 2. The third kappa shape index (κ3) is 1.82. The smallest absolute Gasteiger partial charge is 0.280 e. The van der Waals surface area contributed by atoms with E-state index in [1.807, 2.05) is 0 Å². The molecule has 0 aliphatic rings. The molecule has 16 heavy (non-hydrogen) atoms. The van der Waals surface area contributed by atoms with Crippen LogP contribution in [0.5, 0.6) is 0 Å². The van der Waals surface area contributed by atoms with Crippen molar-refractivity contribution in [2.24, 2.45) is 14.1 Å². The summed E-state index contributed by atoms with van der Waals surface area (Å²) in [7, 11) is 3.27. The second-order valence-electron chi connectivity index (χ2n) is 3.16. The fourth-order valence-electron chi connectivity index (χ4n) is 1.18. The van der Waals surface area contributed by atoms with Gasteiger partial charge in [0.1, 0.15) is 0 Å². The number of nitrogens with one attached hydrogen (secondary N) is 1. The number of carbonyl (C=O) groups excluding carboxylic acids is 1. The molecule has 9 heteroatoms. The molecule has 2 aromatic heterocycles. The molecule has 0 radical (unpaired) electrons. The summed E-state index contributed by atoms with van der Waals surface area (Å²) in [4.78, 5) is 12.9. The van der Waals surface area contributed by atoms with E-state index in [0.717, 1.165) is 0 Å². The van der Waals surface area contributed by atoms with Crippen LogP contribution in [0.4, 0.5) is 11.6 Å². The van der Waals surface area contributed by atoms with Crippen LogP contribution in [0.25, 0.3) is 0 Å². The minimum absolute atomic E-state index is 0.109. The van der Waals surface area contributed by atoms with Crippen molar-refractivity contribution in [1.29, 1.82) is 0 Å². The van der Waals surface area contributed by atoms with Crippen LogP contribution in [-0.2, 0) is 14.1 Å². The fraction of sp³-hybridized carbons (Fsp3) is 0.286. The van der Waals surface area contributed by atoms with Crippen molar-refractivity contribution < 1.29 is 4.79 Å². The summed E-state index contributed by atoms with van der Waals surface area (Å²) in [5, 5.41) is 17.3. The first-order valence-electron chi connectivity index (χ1n) is 4.40. The van der Waals surface area contributed by atoms with Crippen molar-refractivity contribution in [2.75, 3.05) is 11.1 Å². The third-order valence-electron chi connectivity index (χ3n) is 1.81. The monoisotopic (exact) mass is 222 g/mol. The van der Waals surface area contributed by atoms with Crippen molar-refractivity contribution in [3.05, 3.63) is 11.9 Å². The molecule has 0 aliphatic carbocycles. The Bertz CT molecular complexity index is 526. The van der Waals surface area contributed by atoms with Crippen LogP contribution in [-0.4, -0.2) is 35.9 Å². The Kier molecular flexibility index (Phi) is 2.27. The first kappa shape index (κ1) is 10.1. The normalized spacial score (nSPS) is 10.4. The molecular formula is C7H10N8O. The number of carbonyl (C=O) groups is 1. The standard InChI is InChI=1S/C7H10N8O/c1-14-3-4(8)5(11-14)6(16)9-7-10-13-15(2)12-7/h3H,8H2,1-2H3,(H,9,12,16). The van der Waals surface area contributed by atoms with Crippen molar-refractivity contribution >= 4 is 17.5 Å². The SMILES string of the molecule is Cn1cc(N)c(C(=O)Nc2nnn(C)n2)n1. The molecule has 3 N–H and O–H groups in total. The van der Waals surface area contributed by atoms with Crippen LogP contribution in [0.15, 0.2) is 6.20 Å². The number of amides is 1. The van der Waals surface area contributed by atoms with Gasteiger partial charge in [-0.25, -0.2) is 0 Å². The molecule has 0 saturated carbocycles. The number of hydrogen-bond donors (Lipinski definition) is 2. The molecule has 0 fully saturated rings. The topological polar surface area (TPSA) is 117 Å². The van der Waals surface area contributed by atoms with Gasteiger partial charge in [-0.1, -0.05) is 5.10 Å². The Morgan fingerprint density at radius 3 is 2.69 bits per heavy atom. The second kappa shape index (κ2) is 3.61. The van der Waals surface area contributed by atoms with E-state index in [2.05, 4.69) is 25.8 Å². The molecule has 0 saturated heterocycles. The van der Waals surface area contributed by atoms with Crippen LogP contribution >= 0.6 is 0 Å². The molecule has 2 heterocycles. The zero-order valence-corrected chi connectivity index (χ0v) is 8.75. The van der Waals surface area contributed by atoms with Crippen LogP contribution in [0, 0.1) is 0 Å². The van der Waals surface area contributed by atoms with Crippen molar-refractivity contribution in [1.82, 2.24) is 30.0 Å². The number of nitrogens with two attached hydrogens (primary N) is 1. The van der Waals surface area contributed by atoms with Gasteiger partial charge in [-0.2, -0.15) is 9.90 Å². The maximum absolute atomic E-state index is 11.7. The van der Waals surface area contributed by atoms with Crippen molar-refractivity contribution in [3.8, 4) is 0 Å².